The quantitative estimate of drug-likeness (QED) is 0.606. The molecule has 0 saturated carbocycles. The van der Waals surface area contributed by atoms with Crippen molar-refractivity contribution >= 4 is 28.5 Å². The molecule has 3 heterocycles. The summed E-state index contributed by atoms with van der Waals surface area (Å²) in [6, 6.07) is 4.04. The van der Waals surface area contributed by atoms with Gasteiger partial charge in [-0.25, -0.2) is 18.2 Å². The summed E-state index contributed by atoms with van der Waals surface area (Å²) in [5, 5.41) is 2.88. The number of amidine groups is 1. The Morgan fingerprint density at radius 3 is 2.85 bits per heavy atom. The summed E-state index contributed by atoms with van der Waals surface area (Å²) in [4.78, 5) is 24.4. The van der Waals surface area contributed by atoms with Gasteiger partial charge in [-0.3, -0.25) is 19.2 Å². The van der Waals surface area contributed by atoms with E-state index in [0.29, 0.717) is 17.3 Å². The van der Waals surface area contributed by atoms with Crippen molar-refractivity contribution < 1.29 is 27.1 Å². The molecule has 2 aromatic rings. The van der Waals surface area contributed by atoms with E-state index in [4.69, 9.17) is 10.5 Å². The van der Waals surface area contributed by atoms with Crippen molar-refractivity contribution in [1.29, 1.82) is 0 Å². The number of thioether (sulfide) groups is 1. The van der Waals surface area contributed by atoms with Gasteiger partial charge in [-0.2, -0.15) is 0 Å². The van der Waals surface area contributed by atoms with Crippen molar-refractivity contribution in [2.24, 2.45) is 16.6 Å². The number of amides is 1. The first-order chi connectivity index (χ1) is 15.8. The number of fused-ring (bicyclic) bond motifs is 1. The highest BCUT2D eigenvalue weighted by molar-refractivity contribution is 8.13. The average Bonchev–Trinajstić information content (AvgIpc) is 2.80. The predicted octanol–water partition coefficient (Wildman–Crippen LogP) is 3.83. The number of hydrogen-bond donors (Lipinski definition) is 2. The lowest BCUT2D eigenvalue weighted by Crippen LogP contribution is -2.51. The normalized spacial score (nSPS) is 24.8. The first kappa shape index (κ1) is 23.4. The molecule has 3 N–H and O–H groups in total. The van der Waals surface area contributed by atoms with Crippen LogP contribution in [-0.4, -0.2) is 46.2 Å². The van der Waals surface area contributed by atoms with Crippen molar-refractivity contribution in [2.75, 3.05) is 24.4 Å². The molecule has 1 aromatic heterocycles. The van der Waals surface area contributed by atoms with Crippen molar-refractivity contribution in [1.82, 2.24) is 9.97 Å². The lowest BCUT2D eigenvalue weighted by atomic mass is 9.71. The van der Waals surface area contributed by atoms with E-state index in [-0.39, 0.29) is 35.9 Å². The molecular formula is C21H21F4N5O2S. The highest BCUT2D eigenvalue weighted by Crippen LogP contribution is 2.49. The number of halogens is 4. The standard InChI is InChI=1S/C21H21F4N5O2S/c22-5-3-17-13-10-33-20(26)30-21(13,4-6-32-17)12-7-11(1-2-14(12)23)29-19(31)16-9-27-15(8-28-16)18(24)25/h1-2,7-9,13,17-18H,3-6,10H2,(H2,26,30)(H,29,31)/t13-,17-,21-/m1/s1. The molecule has 3 atom stereocenters. The summed E-state index contributed by atoms with van der Waals surface area (Å²) in [5.74, 6) is -1.06. The van der Waals surface area contributed by atoms with Crippen LogP contribution in [0.4, 0.5) is 23.2 Å². The van der Waals surface area contributed by atoms with Gasteiger partial charge in [-0.1, -0.05) is 11.8 Å². The smallest absolute Gasteiger partial charge is 0.281 e. The van der Waals surface area contributed by atoms with Crippen LogP contribution < -0.4 is 11.1 Å². The number of rotatable bonds is 6. The third-order valence-corrected chi connectivity index (χ3v) is 6.72. The molecule has 2 aliphatic heterocycles. The van der Waals surface area contributed by atoms with E-state index < -0.39 is 42.2 Å². The summed E-state index contributed by atoms with van der Waals surface area (Å²) < 4.78 is 59.3. The van der Waals surface area contributed by atoms with Crippen molar-refractivity contribution in [3.05, 3.63) is 53.4 Å². The van der Waals surface area contributed by atoms with Gasteiger partial charge in [0.05, 0.1) is 30.7 Å². The van der Waals surface area contributed by atoms with Crippen LogP contribution in [0, 0.1) is 11.7 Å². The maximum atomic E-state index is 15.1. The third kappa shape index (κ3) is 4.67. The topological polar surface area (TPSA) is 102 Å². The van der Waals surface area contributed by atoms with Crippen molar-refractivity contribution in [3.8, 4) is 0 Å². The minimum Gasteiger partial charge on any atom is -0.379 e. The Hall–Kier alpha value is -2.73. The van der Waals surface area contributed by atoms with Crippen LogP contribution in [0.15, 0.2) is 35.6 Å². The summed E-state index contributed by atoms with van der Waals surface area (Å²) in [6.45, 7) is -0.324. The number of alkyl halides is 3. The van der Waals surface area contributed by atoms with E-state index in [9.17, 15) is 18.0 Å². The van der Waals surface area contributed by atoms with Gasteiger partial charge >= 0.3 is 0 Å². The largest absolute Gasteiger partial charge is 0.379 e. The highest BCUT2D eigenvalue weighted by Gasteiger charge is 2.51. The summed E-state index contributed by atoms with van der Waals surface area (Å²) in [7, 11) is 0. The second-order valence-electron chi connectivity index (χ2n) is 7.70. The van der Waals surface area contributed by atoms with Crippen LogP contribution in [0.25, 0.3) is 0 Å². The summed E-state index contributed by atoms with van der Waals surface area (Å²) >= 11 is 1.31. The zero-order chi connectivity index (χ0) is 23.6. The number of benzene rings is 1. The molecule has 0 bridgehead atoms. The van der Waals surface area contributed by atoms with E-state index in [2.05, 4.69) is 20.3 Å². The summed E-state index contributed by atoms with van der Waals surface area (Å²) in [5.41, 5.74) is 4.70. The fourth-order valence-corrected chi connectivity index (χ4v) is 5.32. The average molecular weight is 483 g/mol. The van der Waals surface area contributed by atoms with Gasteiger partial charge in [0, 0.05) is 42.4 Å². The molecule has 1 fully saturated rings. The minimum atomic E-state index is -2.80. The molecule has 1 amide bonds. The predicted molar refractivity (Wildman–Crippen MR) is 116 cm³/mol. The Morgan fingerprint density at radius 2 is 2.15 bits per heavy atom. The molecule has 1 aromatic carbocycles. The zero-order valence-corrected chi connectivity index (χ0v) is 18.1. The number of hydrogen-bond acceptors (Lipinski definition) is 7. The van der Waals surface area contributed by atoms with Gasteiger partial charge in [0.2, 0.25) is 0 Å². The third-order valence-electron chi connectivity index (χ3n) is 5.81. The molecule has 12 heteroatoms. The van der Waals surface area contributed by atoms with Gasteiger partial charge in [0.1, 0.15) is 17.2 Å². The van der Waals surface area contributed by atoms with Gasteiger partial charge in [0.25, 0.3) is 12.3 Å². The monoisotopic (exact) mass is 483 g/mol. The number of nitrogens with one attached hydrogen (secondary N) is 1. The molecule has 7 nitrogen and oxygen atoms in total. The van der Waals surface area contributed by atoms with E-state index in [0.717, 1.165) is 12.4 Å². The number of aliphatic imine (C=N–C) groups is 1. The molecule has 0 spiro atoms. The SMILES string of the molecule is NC1=N[C@@]2(c3cc(NC(=O)c4cnc(C(F)F)cn4)ccc3F)CCO[C@H](CCF)[C@H]2CS1. The van der Waals surface area contributed by atoms with Crippen LogP contribution in [-0.2, 0) is 10.3 Å². The Labute approximate surface area is 191 Å². The molecule has 0 unspecified atom stereocenters. The minimum absolute atomic E-state index is 0.160. The number of carbonyl (C=O) groups is 1. The number of carbonyl (C=O) groups excluding carboxylic acids is 1. The van der Waals surface area contributed by atoms with E-state index in [1.807, 2.05) is 0 Å². The lowest BCUT2D eigenvalue weighted by Gasteiger charge is -2.48. The molecule has 176 valence electrons. The zero-order valence-electron chi connectivity index (χ0n) is 17.3. The van der Waals surface area contributed by atoms with Gasteiger partial charge in [0.15, 0.2) is 5.17 Å². The molecule has 4 rings (SSSR count). The van der Waals surface area contributed by atoms with E-state index >= 15 is 4.39 Å². The highest BCUT2D eigenvalue weighted by atomic mass is 32.2. The van der Waals surface area contributed by atoms with Crippen molar-refractivity contribution in [2.45, 2.75) is 30.9 Å². The Morgan fingerprint density at radius 1 is 1.33 bits per heavy atom. The van der Waals surface area contributed by atoms with Gasteiger partial charge in [-0.15, -0.1) is 0 Å². The lowest BCUT2D eigenvalue weighted by molar-refractivity contribution is -0.0675. The number of nitrogens with two attached hydrogens (primary N) is 1. The maximum absolute atomic E-state index is 15.1. The van der Waals surface area contributed by atoms with E-state index in [1.165, 1.54) is 30.0 Å². The Balaban J connectivity index is 1.66. The van der Waals surface area contributed by atoms with Crippen LogP contribution in [0.1, 0.15) is 41.0 Å². The van der Waals surface area contributed by atoms with Crippen molar-refractivity contribution in [3.63, 3.8) is 0 Å². The number of ether oxygens (including phenoxy) is 1. The molecule has 0 aliphatic carbocycles. The van der Waals surface area contributed by atoms with Crippen LogP contribution in [0.5, 0.6) is 0 Å². The van der Waals surface area contributed by atoms with Crippen LogP contribution in [0.3, 0.4) is 0 Å². The second-order valence-corrected chi connectivity index (χ2v) is 8.74. The molecule has 2 aliphatic rings. The van der Waals surface area contributed by atoms with Gasteiger partial charge < -0.3 is 15.8 Å². The fraction of sp³-hybridized carbons (Fsp3) is 0.429. The fourth-order valence-electron chi connectivity index (χ4n) is 4.25. The first-order valence-electron chi connectivity index (χ1n) is 10.2. The molecular weight excluding hydrogens is 462 g/mol. The Bertz CT molecular complexity index is 1050. The molecule has 1 saturated heterocycles. The maximum Gasteiger partial charge on any atom is 0.281 e. The number of anilines is 1. The van der Waals surface area contributed by atoms with Gasteiger partial charge in [-0.05, 0) is 18.2 Å². The molecule has 0 radical (unpaired) electrons. The number of aromatic nitrogens is 2. The van der Waals surface area contributed by atoms with Crippen LogP contribution >= 0.6 is 11.8 Å². The molecule has 33 heavy (non-hydrogen) atoms. The Kier molecular flexibility index (Phi) is 6.84. The van der Waals surface area contributed by atoms with E-state index in [1.54, 1.807) is 0 Å². The number of nitrogens with zero attached hydrogens (tertiary/aromatic N) is 3. The first-order valence-corrected chi connectivity index (χ1v) is 11.2. The summed E-state index contributed by atoms with van der Waals surface area (Å²) in [6.07, 6.45) is -0.981. The van der Waals surface area contributed by atoms with Crippen LogP contribution in [0.2, 0.25) is 0 Å². The second kappa shape index (κ2) is 9.64.